The molecule has 410 valence electrons. The summed E-state index contributed by atoms with van der Waals surface area (Å²) in [6.45, 7) is 5.77. The molecule has 0 aliphatic carbocycles. The largest absolute Gasteiger partial charge is 0.507 e. The van der Waals surface area contributed by atoms with E-state index in [1.54, 1.807) is 103 Å². The number of benzene rings is 5. The van der Waals surface area contributed by atoms with Crippen molar-refractivity contribution in [3.63, 3.8) is 0 Å². The molecule has 0 aliphatic rings. The monoisotopic (exact) mass is 1040 g/mol. The molecule has 0 fully saturated rings. The minimum atomic E-state index is -0.592. The summed E-state index contributed by atoms with van der Waals surface area (Å²) in [5, 5.41) is 21.3. The maximum atomic E-state index is 13.1. The summed E-state index contributed by atoms with van der Waals surface area (Å²) in [7, 11) is 0. The Bertz CT molecular complexity index is 2280. The quantitative estimate of drug-likeness (QED) is 0.0171. The number of ether oxygens (including phenoxy) is 4. The van der Waals surface area contributed by atoms with Crippen molar-refractivity contribution in [1.29, 1.82) is 0 Å². The fraction of sp³-hybridized carbons (Fsp3) is 0.485. The lowest BCUT2D eigenvalue weighted by Gasteiger charge is -2.08. The van der Waals surface area contributed by atoms with Gasteiger partial charge in [-0.05, 0) is 97.8 Å². The van der Waals surface area contributed by atoms with Gasteiger partial charge in [0.2, 0.25) is 0 Å². The average molecular weight is 1040 g/mol. The van der Waals surface area contributed by atoms with Crippen molar-refractivity contribution in [1.82, 2.24) is 0 Å². The topological polar surface area (TPSA) is 136 Å². The number of hydrogen-bond donors (Lipinski definition) is 2. The highest BCUT2D eigenvalue weighted by molar-refractivity contribution is 5.93. The molecule has 0 atom stereocenters. The number of nitrogens with zero attached hydrogens (tertiary/aromatic N) is 2. The van der Waals surface area contributed by atoms with E-state index in [0.717, 1.165) is 25.7 Å². The van der Waals surface area contributed by atoms with Gasteiger partial charge < -0.3 is 29.2 Å². The van der Waals surface area contributed by atoms with Crippen molar-refractivity contribution < 1.29 is 38.7 Å². The summed E-state index contributed by atoms with van der Waals surface area (Å²) >= 11 is 0. The van der Waals surface area contributed by atoms with Gasteiger partial charge in [0.15, 0.2) is 0 Å². The SMILES string of the molecule is CCCCCCCCCCCCCCCCOc1ccc(C=Nc2ccc(C(=O)Oc3cccc(OC(=O)c4ccc(N=Cc5ccc(OCCCCCCCCCCCCCCCC)cc5O)cc4)c3)cc2)c(O)c1. The molecule has 2 N–H and O–H groups in total. The Balaban J connectivity index is 0.945. The molecule has 5 aromatic carbocycles. The highest BCUT2D eigenvalue weighted by atomic mass is 16.5. The normalized spacial score (nSPS) is 11.4. The number of carbonyl (C=O) groups is 2. The van der Waals surface area contributed by atoms with Crippen LogP contribution in [0, 0.1) is 0 Å². The summed E-state index contributed by atoms with van der Waals surface area (Å²) in [6, 6.07) is 29.9. The number of aliphatic imine (C=N–C) groups is 2. The molecule has 0 saturated carbocycles. The van der Waals surface area contributed by atoms with E-state index in [2.05, 4.69) is 23.8 Å². The zero-order chi connectivity index (χ0) is 53.7. The van der Waals surface area contributed by atoms with Gasteiger partial charge >= 0.3 is 11.9 Å². The van der Waals surface area contributed by atoms with Gasteiger partial charge in [0, 0.05) is 41.8 Å². The van der Waals surface area contributed by atoms with E-state index in [0.29, 0.717) is 58.3 Å². The molecule has 10 heteroatoms. The summed E-state index contributed by atoms with van der Waals surface area (Å²) in [4.78, 5) is 35.1. The lowest BCUT2D eigenvalue weighted by Crippen LogP contribution is -2.10. The van der Waals surface area contributed by atoms with Gasteiger partial charge in [0.1, 0.15) is 34.5 Å². The van der Waals surface area contributed by atoms with Crippen molar-refractivity contribution in [2.24, 2.45) is 9.98 Å². The van der Waals surface area contributed by atoms with Crippen molar-refractivity contribution in [2.75, 3.05) is 13.2 Å². The number of carbonyl (C=O) groups excluding carboxylic acids is 2. The first-order chi connectivity index (χ1) is 37.3. The lowest BCUT2D eigenvalue weighted by molar-refractivity contribution is 0.0732. The number of unbranched alkanes of at least 4 members (excludes halogenated alkanes) is 26. The number of aromatic hydroxyl groups is 2. The molecule has 0 aromatic heterocycles. The maximum absolute atomic E-state index is 13.1. The molecule has 0 bridgehead atoms. The average Bonchev–Trinajstić information content (AvgIpc) is 3.43. The minimum absolute atomic E-state index is 0.0740. The van der Waals surface area contributed by atoms with Gasteiger partial charge in [0.25, 0.3) is 0 Å². The molecule has 5 aromatic rings. The van der Waals surface area contributed by atoms with Crippen LogP contribution in [0.1, 0.15) is 225 Å². The van der Waals surface area contributed by atoms with Crippen LogP contribution in [-0.2, 0) is 0 Å². The molecule has 0 heterocycles. The second-order valence-electron chi connectivity index (χ2n) is 20.2. The van der Waals surface area contributed by atoms with Crippen LogP contribution >= 0.6 is 0 Å². The van der Waals surface area contributed by atoms with Crippen LogP contribution in [0.3, 0.4) is 0 Å². The van der Waals surface area contributed by atoms with Crippen molar-refractivity contribution in [3.05, 3.63) is 131 Å². The molecular weight excluding hydrogens is 949 g/mol. The number of phenols is 2. The second kappa shape index (κ2) is 37.3. The Morgan fingerprint density at radius 3 is 1.01 bits per heavy atom. The number of phenolic OH excluding ortho intramolecular Hbond substituents is 2. The van der Waals surface area contributed by atoms with Gasteiger partial charge in [-0.3, -0.25) is 9.98 Å². The van der Waals surface area contributed by atoms with E-state index in [1.165, 1.54) is 160 Å². The summed E-state index contributed by atoms with van der Waals surface area (Å²) in [5.74, 6) is 0.626. The molecule has 76 heavy (non-hydrogen) atoms. The highest BCUT2D eigenvalue weighted by Gasteiger charge is 2.13. The van der Waals surface area contributed by atoms with Crippen LogP contribution in [-0.4, -0.2) is 47.8 Å². The van der Waals surface area contributed by atoms with Crippen LogP contribution in [0.25, 0.3) is 0 Å². The first kappa shape index (κ1) is 60.4. The van der Waals surface area contributed by atoms with Crippen molar-refractivity contribution in [3.8, 4) is 34.5 Å². The molecule has 0 saturated heterocycles. The lowest BCUT2D eigenvalue weighted by atomic mass is 10.0. The molecule has 0 spiro atoms. The Morgan fingerprint density at radius 1 is 0.382 bits per heavy atom. The van der Waals surface area contributed by atoms with E-state index < -0.39 is 11.9 Å². The van der Waals surface area contributed by atoms with Crippen LogP contribution in [0.4, 0.5) is 11.4 Å². The van der Waals surface area contributed by atoms with Crippen LogP contribution in [0.15, 0.2) is 119 Å². The van der Waals surface area contributed by atoms with Crippen LogP contribution in [0.5, 0.6) is 34.5 Å². The fourth-order valence-electron chi connectivity index (χ4n) is 9.01. The Hall–Kier alpha value is -6.42. The molecule has 0 radical (unpaired) electrons. The first-order valence-electron chi connectivity index (χ1n) is 29.1. The van der Waals surface area contributed by atoms with Crippen LogP contribution in [0.2, 0.25) is 0 Å². The zero-order valence-corrected chi connectivity index (χ0v) is 46.0. The van der Waals surface area contributed by atoms with Gasteiger partial charge in [-0.25, -0.2) is 9.59 Å². The Labute approximate surface area is 455 Å². The second-order valence-corrected chi connectivity index (χ2v) is 20.2. The smallest absolute Gasteiger partial charge is 0.343 e. The van der Waals surface area contributed by atoms with E-state index in [9.17, 15) is 19.8 Å². The standard InChI is InChI=1S/C66H88N2O8/c1-3-5-7-9-11-13-15-17-19-21-23-25-27-29-46-73-59-44-38-55(63(69)49-59)51-67-57-40-34-53(35-41-57)65(71)75-61-32-31-33-62(48-61)76-66(72)54-36-42-58(43-37-54)68-52-56-39-45-60(50-64(56)70)74-47-30-28-26-24-22-20-18-16-14-12-10-8-6-4-2/h31-45,48-52,69-70H,3-30,46-47H2,1-2H3. The van der Waals surface area contributed by atoms with E-state index in [-0.39, 0.29) is 23.0 Å². The van der Waals surface area contributed by atoms with Crippen molar-refractivity contribution >= 4 is 35.7 Å². The molecular formula is C66H88N2O8. The first-order valence-corrected chi connectivity index (χ1v) is 29.1. The van der Waals surface area contributed by atoms with Gasteiger partial charge in [-0.1, -0.05) is 187 Å². The Kier molecular flexibility index (Phi) is 29.7. The third-order valence-corrected chi connectivity index (χ3v) is 13.7. The minimum Gasteiger partial charge on any atom is -0.507 e. The predicted molar refractivity (Wildman–Crippen MR) is 312 cm³/mol. The number of hydrogen-bond acceptors (Lipinski definition) is 10. The van der Waals surface area contributed by atoms with Gasteiger partial charge in [-0.15, -0.1) is 0 Å². The summed E-state index contributed by atoms with van der Waals surface area (Å²) in [6.07, 6.45) is 39.8. The predicted octanol–water partition coefficient (Wildman–Crippen LogP) is 18.8. The van der Waals surface area contributed by atoms with Crippen molar-refractivity contribution in [2.45, 2.75) is 194 Å². The number of rotatable bonds is 40. The van der Waals surface area contributed by atoms with E-state index >= 15 is 0 Å². The zero-order valence-electron chi connectivity index (χ0n) is 46.0. The summed E-state index contributed by atoms with van der Waals surface area (Å²) < 4.78 is 23.0. The molecule has 0 amide bonds. The third-order valence-electron chi connectivity index (χ3n) is 13.7. The molecule has 5 rings (SSSR count). The molecule has 0 aliphatic heterocycles. The van der Waals surface area contributed by atoms with Gasteiger partial charge in [-0.2, -0.15) is 0 Å². The van der Waals surface area contributed by atoms with Crippen LogP contribution < -0.4 is 18.9 Å². The fourth-order valence-corrected chi connectivity index (χ4v) is 9.01. The van der Waals surface area contributed by atoms with E-state index in [1.807, 2.05) is 12.1 Å². The summed E-state index contributed by atoms with van der Waals surface area (Å²) in [5.41, 5.74) is 2.87. The molecule has 10 nitrogen and oxygen atoms in total. The van der Waals surface area contributed by atoms with E-state index in [4.69, 9.17) is 18.9 Å². The van der Waals surface area contributed by atoms with Gasteiger partial charge in [0.05, 0.1) is 35.7 Å². The number of esters is 2. The highest BCUT2D eigenvalue weighted by Crippen LogP contribution is 2.27. The Morgan fingerprint density at radius 2 is 0.697 bits per heavy atom. The maximum Gasteiger partial charge on any atom is 0.343 e. The molecule has 0 unspecified atom stereocenters. The third kappa shape index (κ3) is 24.9.